The molecule has 1 saturated heterocycles. The summed E-state index contributed by atoms with van der Waals surface area (Å²) < 4.78 is 1.78. The van der Waals surface area contributed by atoms with E-state index in [0.29, 0.717) is 17.2 Å². The van der Waals surface area contributed by atoms with E-state index in [1.165, 1.54) is 6.07 Å². The van der Waals surface area contributed by atoms with E-state index in [4.69, 9.17) is 0 Å². The second-order valence-corrected chi connectivity index (χ2v) is 6.74. The molecular weight excluding hydrogens is 360 g/mol. The van der Waals surface area contributed by atoms with Crippen molar-refractivity contribution in [2.75, 3.05) is 18.0 Å². The number of hydrogen-bond acceptors (Lipinski definition) is 6. The Kier molecular flexibility index (Phi) is 4.88. The molecular formula is C19H20N6O3. The van der Waals surface area contributed by atoms with Crippen molar-refractivity contribution in [1.82, 2.24) is 19.9 Å². The Morgan fingerprint density at radius 2 is 1.96 bits per heavy atom. The molecule has 1 amide bonds. The minimum absolute atomic E-state index is 0.0394. The van der Waals surface area contributed by atoms with Gasteiger partial charge in [0.2, 0.25) is 0 Å². The maximum Gasteiger partial charge on any atom is 0.293 e. The minimum Gasteiger partial charge on any atom is -0.366 e. The maximum atomic E-state index is 12.5. The third kappa shape index (κ3) is 3.51. The van der Waals surface area contributed by atoms with Crippen LogP contribution < -0.4 is 10.2 Å². The summed E-state index contributed by atoms with van der Waals surface area (Å²) in [5.41, 5.74) is 1.47. The average molecular weight is 380 g/mol. The van der Waals surface area contributed by atoms with Crippen molar-refractivity contribution in [1.29, 1.82) is 0 Å². The fourth-order valence-electron chi connectivity index (χ4n) is 3.49. The number of nitrogens with zero attached hydrogens (tertiary/aromatic N) is 5. The number of nitro benzene ring substituents is 1. The predicted octanol–water partition coefficient (Wildman–Crippen LogP) is 2.56. The number of anilines is 1. The van der Waals surface area contributed by atoms with Gasteiger partial charge in [-0.2, -0.15) is 0 Å². The van der Waals surface area contributed by atoms with E-state index in [1.54, 1.807) is 16.5 Å². The molecule has 1 fully saturated rings. The van der Waals surface area contributed by atoms with Gasteiger partial charge in [0.25, 0.3) is 11.6 Å². The number of pyridine rings is 1. The highest BCUT2D eigenvalue weighted by Gasteiger charge is 2.23. The lowest BCUT2D eigenvalue weighted by molar-refractivity contribution is -0.384. The van der Waals surface area contributed by atoms with Crippen LogP contribution in [0.4, 0.5) is 11.4 Å². The van der Waals surface area contributed by atoms with Gasteiger partial charge in [0.05, 0.1) is 11.5 Å². The van der Waals surface area contributed by atoms with Crippen LogP contribution in [0, 0.1) is 10.1 Å². The molecule has 0 radical (unpaired) electrons. The molecule has 9 nitrogen and oxygen atoms in total. The lowest BCUT2D eigenvalue weighted by Crippen LogP contribution is -2.30. The monoisotopic (exact) mass is 380 g/mol. The van der Waals surface area contributed by atoms with Gasteiger partial charge in [-0.25, -0.2) is 0 Å². The van der Waals surface area contributed by atoms with Gasteiger partial charge in [0, 0.05) is 30.9 Å². The summed E-state index contributed by atoms with van der Waals surface area (Å²) in [6, 6.07) is 10.2. The number of carbonyl (C=O) groups is 1. The summed E-state index contributed by atoms with van der Waals surface area (Å²) in [6.45, 7) is 1.77. The lowest BCUT2D eigenvalue weighted by atomic mass is 10.1. The van der Waals surface area contributed by atoms with Crippen molar-refractivity contribution in [2.45, 2.75) is 25.8 Å². The Labute approximate surface area is 161 Å². The Morgan fingerprint density at radius 1 is 1.14 bits per heavy atom. The molecule has 1 aliphatic heterocycles. The molecule has 3 aromatic rings. The Balaban J connectivity index is 1.52. The van der Waals surface area contributed by atoms with Gasteiger partial charge in [0.15, 0.2) is 11.5 Å². The highest BCUT2D eigenvalue weighted by molar-refractivity contribution is 5.95. The summed E-state index contributed by atoms with van der Waals surface area (Å²) in [4.78, 5) is 25.7. The van der Waals surface area contributed by atoms with Crippen molar-refractivity contribution in [3.63, 3.8) is 0 Å². The lowest BCUT2D eigenvalue weighted by Gasteiger charge is -2.28. The number of carbonyl (C=O) groups excluding carboxylic acids is 1. The van der Waals surface area contributed by atoms with Crippen LogP contribution in [0.3, 0.4) is 0 Å². The number of piperidine rings is 1. The Bertz CT molecular complexity index is 1030. The third-order valence-corrected chi connectivity index (χ3v) is 4.92. The fraction of sp³-hybridized carbons (Fsp3) is 0.316. The topological polar surface area (TPSA) is 106 Å². The zero-order chi connectivity index (χ0) is 19.5. The number of benzene rings is 1. The van der Waals surface area contributed by atoms with E-state index in [0.717, 1.165) is 32.4 Å². The molecule has 0 spiro atoms. The summed E-state index contributed by atoms with van der Waals surface area (Å²) in [7, 11) is 0. The zero-order valence-corrected chi connectivity index (χ0v) is 15.2. The average Bonchev–Trinajstić information content (AvgIpc) is 3.15. The molecule has 0 atom stereocenters. The van der Waals surface area contributed by atoms with Gasteiger partial charge >= 0.3 is 0 Å². The Morgan fingerprint density at radius 3 is 2.75 bits per heavy atom. The number of rotatable bonds is 5. The van der Waals surface area contributed by atoms with Gasteiger partial charge in [0.1, 0.15) is 5.69 Å². The van der Waals surface area contributed by atoms with Gasteiger partial charge < -0.3 is 10.2 Å². The van der Waals surface area contributed by atoms with Crippen molar-refractivity contribution in [3.8, 4) is 0 Å². The molecule has 1 aliphatic rings. The first-order valence-electron chi connectivity index (χ1n) is 9.24. The first kappa shape index (κ1) is 17.9. The normalized spacial score (nSPS) is 14.2. The quantitative estimate of drug-likeness (QED) is 0.539. The van der Waals surface area contributed by atoms with E-state index in [1.807, 2.05) is 29.3 Å². The molecule has 0 unspecified atom stereocenters. The van der Waals surface area contributed by atoms with Crippen LogP contribution in [0.25, 0.3) is 5.65 Å². The number of aromatic nitrogens is 3. The maximum absolute atomic E-state index is 12.5. The standard InChI is InChI=1S/C19H20N6O3/c26-19(20-13-18-22-21-17-6-2-5-11-24(17)18)14-7-8-15(16(12-14)25(27)28)23-9-3-1-4-10-23/h2,5-8,11-12H,1,3-4,9-10,13H2,(H,20,26). The Hall–Kier alpha value is -3.49. The van der Waals surface area contributed by atoms with Crippen LogP contribution in [0.1, 0.15) is 35.4 Å². The minimum atomic E-state index is -0.424. The van der Waals surface area contributed by atoms with Gasteiger partial charge in [-0.1, -0.05) is 6.07 Å². The van der Waals surface area contributed by atoms with Crippen LogP contribution in [0.5, 0.6) is 0 Å². The molecule has 4 rings (SSSR count). The second-order valence-electron chi connectivity index (χ2n) is 6.74. The SMILES string of the molecule is O=C(NCc1nnc2ccccn12)c1ccc(N2CCCCC2)c([N+](=O)[O-])c1. The second kappa shape index (κ2) is 7.63. The smallest absolute Gasteiger partial charge is 0.293 e. The fourth-order valence-corrected chi connectivity index (χ4v) is 3.49. The number of amides is 1. The molecule has 144 valence electrons. The van der Waals surface area contributed by atoms with Crippen molar-refractivity contribution in [3.05, 3.63) is 64.1 Å². The van der Waals surface area contributed by atoms with E-state index >= 15 is 0 Å². The van der Waals surface area contributed by atoms with Crippen molar-refractivity contribution < 1.29 is 9.72 Å². The third-order valence-electron chi connectivity index (χ3n) is 4.92. The van der Waals surface area contributed by atoms with Crippen LogP contribution in [0.2, 0.25) is 0 Å². The summed E-state index contributed by atoms with van der Waals surface area (Å²) in [6.07, 6.45) is 4.99. The van der Waals surface area contributed by atoms with Gasteiger partial charge in [-0.3, -0.25) is 19.3 Å². The molecule has 0 aliphatic carbocycles. The number of nitrogens with one attached hydrogen (secondary N) is 1. The first-order valence-corrected chi connectivity index (χ1v) is 9.24. The molecule has 3 heterocycles. The first-order chi connectivity index (χ1) is 13.6. The van der Waals surface area contributed by atoms with E-state index < -0.39 is 4.92 Å². The summed E-state index contributed by atoms with van der Waals surface area (Å²) >= 11 is 0. The van der Waals surface area contributed by atoms with E-state index in [2.05, 4.69) is 15.5 Å². The summed E-state index contributed by atoms with van der Waals surface area (Å²) in [5, 5.41) is 22.4. The molecule has 0 saturated carbocycles. The highest BCUT2D eigenvalue weighted by atomic mass is 16.6. The number of nitro groups is 1. The van der Waals surface area contributed by atoms with E-state index in [9.17, 15) is 14.9 Å². The number of hydrogen-bond donors (Lipinski definition) is 1. The van der Waals surface area contributed by atoms with E-state index in [-0.39, 0.29) is 23.7 Å². The summed E-state index contributed by atoms with van der Waals surface area (Å²) in [5.74, 6) is 0.198. The predicted molar refractivity (Wildman–Crippen MR) is 103 cm³/mol. The molecule has 1 N–H and O–H groups in total. The van der Waals surface area contributed by atoms with Crippen LogP contribution >= 0.6 is 0 Å². The number of fused-ring (bicyclic) bond motifs is 1. The van der Waals surface area contributed by atoms with Crippen molar-refractivity contribution in [2.24, 2.45) is 0 Å². The molecule has 2 aromatic heterocycles. The molecule has 9 heteroatoms. The van der Waals surface area contributed by atoms with Crippen LogP contribution in [0.15, 0.2) is 42.6 Å². The van der Waals surface area contributed by atoms with Crippen LogP contribution in [-0.4, -0.2) is 38.5 Å². The van der Waals surface area contributed by atoms with Gasteiger partial charge in [-0.05, 0) is 43.5 Å². The zero-order valence-electron chi connectivity index (χ0n) is 15.2. The molecule has 1 aromatic carbocycles. The molecule has 0 bridgehead atoms. The largest absolute Gasteiger partial charge is 0.366 e. The van der Waals surface area contributed by atoms with Crippen molar-refractivity contribution >= 4 is 22.9 Å². The highest BCUT2D eigenvalue weighted by Crippen LogP contribution is 2.31. The van der Waals surface area contributed by atoms with Gasteiger partial charge in [-0.15, -0.1) is 10.2 Å². The molecule has 28 heavy (non-hydrogen) atoms. The van der Waals surface area contributed by atoms with Crippen LogP contribution in [-0.2, 0) is 6.54 Å².